The van der Waals surface area contributed by atoms with E-state index in [1.54, 1.807) is 45.9 Å². The zero-order chi connectivity index (χ0) is 42.3. The molecule has 1 saturated heterocycles. The number of urea groups is 1. The maximum absolute atomic E-state index is 14.1. The summed E-state index contributed by atoms with van der Waals surface area (Å²) in [5.74, 6) is -1.53. The van der Waals surface area contributed by atoms with Gasteiger partial charge < -0.3 is 24.8 Å². The first-order valence-corrected chi connectivity index (χ1v) is 20.3. The molecule has 3 aromatic rings. The van der Waals surface area contributed by atoms with Gasteiger partial charge in [0.2, 0.25) is 12.5 Å². The number of hydrogen-bond acceptors (Lipinski definition) is 8. The fourth-order valence-corrected chi connectivity index (χ4v) is 6.51. The lowest BCUT2D eigenvalue weighted by molar-refractivity contribution is -0.149. The van der Waals surface area contributed by atoms with Crippen molar-refractivity contribution in [1.82, 2.24) is 9.80 Å². The second kappa shape index (κ2) is 18.9. The number of hydrogen-bond donors (Lipinski definition) is 2. The van der Waals surface area contributed by atoms with Gasteiger partial charge in [-0.25, -0.2) is 9.69 Å². The van der Waals surface area contributed by atoms with Gasteiger partial charge in [-0.15, -0.1) is 0 Å². The second-order valence-electron chi connectivity index (χ2n) is 16.7. The molecule has 3 unspecified atom stereocenters. The van der Waals surface area contributed by atoms with Gasteiger partial charge in [-0.3, -0.25) is 19.3 Å². The summed E-state index contributed by atoms with van der Waals surface area (Å²) in [6.07, 6.45) is 0.668. The van der Waals surface area contributed by atoms with Crippen molar-refractivity contribution in [1.29, 1.82) is 0 Å². The van der Waals surface area contributed by atoms with Gasteiger partial charge in [0, 0.05) is 29.7 Å². The third kappa shape index (κ3) is 10.7. The highest BCUT2D eigenvalue weighted by molar-refractivity contribution is 6.34. The molecule has 0 bridgehead atoms. The van der Waals surface area contributed by atoms with Crippen LogP contribution in [0.15, 0.2) is 66.7 Å². The lowest BCUT2D eigenvalue weighted by atomic mass is 9.76. The summed E-state index contributed by atoms with van der Waals surface area (Å²) < 4.78 is 18.3. The quantitative estimate of drug-likeness (QED) is 0.0697. The molecule has 0 aromatic heterocycles. The average Bonchev–Trinajstić information content (AvgIpc) is 3.39. The van der Waals surface area contributed by atoms with Crippen molar-refractivity contribution in [3.05, 3.63) is 88.4 Å². The van der Waals surface area contributed by atoms with E-state index in [-0.39, 0.29) is 41.4 Å². The van der Waals surface area contributed by atoms with E-state index in [0.29, 0.717) is 17.0 Å². The molecular formula is C45H61ClN4O7. The van der Waals surface area contributed by atoms with Gasteiger partial charge in [-0.05, 0) is 66.0 Å². The molecule has 12 heteroatoms. The van der Waals surface area contributed by atoms with E-state index in [2.05, 4.69) is 64.3 Å². The van der Waals surface area contributed by atoms with Crippen LogP contribution in [-0.4, -0.2) is 65.3 Å². The topological polar surface area (TPSA) is 127 Å². The van der Waals surface area contributed by atoms with Crippen molar-refractivity contribution in [3.8, 4) is 5.75 Å². The highest BCUT2D eigenvalue weighted by Gasteiger charge is 2.54. The first-order chi connectivity index (χ1) is 26.8. The zero-order valence-electron chi connectivity index (χ0n) is 35.5. The minimum atomic E-state index is -1.79. The van der Waals surface area contributed by atoms with E-state index in [4.69, 9.17) is 25.8 Å². The van der Waals surface area contributed by atoms with Crippen LogP contribution >= 0.6 is 11.6 Å². The van der Waals surface area contributed by atoms with E-state index in [9.17, 15) is 19.2 Å². The summed E-state index contributed by atoms with van der Waals surface area (Å²) in [4.78, 5) is 57.9. The van der Waals surface area contributed by atoms with Gasteiger partial charge in [0.15, 0.2) is 11.8 Å². The maximum atomic E-state index is 14.1. The Bertz CT molecular complexity index is 1890. The first kappa shape index (κ1) is 45.3. The highest BCUT2D eigenvalue weighted by atomic mass is 35.5. The van der Waals surface area contributed by atoms with Crippen molar-refractivity contribution in [3.63, 3.8) is 0 Å². The third-order valence-electron chi connectivity index (χ3n) is 10.8. The van der Waals surface area contributed by atoms with Crippen LogP contribution in [0, 0.1) is 5.41 Å². The van der Waals surface area contributed by atoms with Gasteiger partial charge in [0.05, 0.1) is 17.3 Å². The lowest BCUT2D eigenvalue weighted by Gasteiger charge is -2.31. The Morgan fingerprint density at radius 3 is 2.12 bits per heavy atom. The number of Topliss-reactive ketones (excluding diaryl/α,β-unsaturated/α-hetero) is 1. The van der Waals surface area contributed by atoms with Crippen LogP contribution in [0.3, 0.4) is 0 Å². The van der Waals surface area contributed by atoms with E-state index in [1.807, 2.05) is 43.3 Å². The Balaban J connectivity index is 1.53. The van der Waals surface area contributed by atoms with Gasteiger partial charge in [0.25, 0.3) is 11.8 Å². The maximum Gasteiger partial charge on any atom is 0.330 e. The minimum absolute atomic E-state index is 0.0288. The monoisotopic (exact) mass is 804 g/mol. The normalized spacial score (nSPS) is 16.1. The molecule has 4 amide bonds. The highest BCUT2D eigenvalue weighted by Crippen LogP contribution is 2.39. The molecule has 3 aromatic carbocycles. The van der Waals surface area contributed by atoms with Gasteiger partial charge in [-0.2, -0.15) is 0 Å². The predicted molar refractivity (Wildman–Crippen MR) is 225 cm³/mol. The standard InChI is InChI=1S/C45H61ClN4O7/c1-12-36(57-35-24-21-30(44(8,9)13-2)25-32(35)45(10,11)14-3)56-28-47-31-22-23-33(46)34(26-31)48-39(52)37(38(51)43(5,6)7)50-40(53)41(55-15-4)49(42(50)54)27-29-19-17-16-18-20-29/h16-26,36-37,41,47H,12-15,27-28H2,1-11H3,(H,48,52). The summed E-state index contributed by atoms with van der Waals surface area (Å²) in [5, 5.41) is 6.11. The summed E-state index contributed by atoms with van der Waals surface area (Å²) >= 11 is 6.56. The fourth-order valence-electron chi connectivity index (χ4n) is 6.34. The van der Waals surface area contributed by atoms with E-state index in [0.717, 1.165) is 29.7 Å². The van der Waals surface area contributed by atoms with Crippen molar-refractivity contribution in [2.24, 2.45) is 5.41 Å². The third-order valence-corrected chi connectivity index (χ3v) is 11.1. The first-order valence-electron chi connectivity index (χ1n) is 19.9. The smallest absolute Gasteiger partial charge is 0.330 e. The van der Waals surface area contributed by atoms with E-state index >= 15 is 0 Å². The number of imide groups is 1. The van der Waals surface area contributed by atoms with Gasteiger partial charge in [-0.1, -0.05) is 123 Å². The van der Waals surface area contributed by atoms with E-state index in [1.165, 1.54) is 10.5 Å². The van der Waals surface area contributed by atoms with Crippen LogP contribution < -0.4 is 15.4 Å². The van der Waals surface area contributed by atoms with Crippen LogP contribution in [0.2, 0.25) is 5.02 Å². The van der Waals surface area contributed by atoms with E-state index < -0.39 is 47.6 Å². The molecule has 4 rings (SSSR count). The molecule has 310 valence electrons. The number of benzene rings is 3. The van der Waals surface area contributed by atoms with Crippen molar-refractivity contribution in [2.45, 2.75) is 131 Å². The SMILES string of the molecule is CCOC1C(=O)N(C(C(=O)Nc2cc(NCOC(CC)Oc3ccc(C(C)(C)CC)cc3C(C)(C)CC)ccc2Cl)C(=O)C(C)(C)C)C(=O)N1Cc1ccccc1. The van der Waals surface area contributed by atoms with Crippen molar-refractivity contribution >= 4 is 46.6 Å². The molecule has 1 heterocycles. The Morgan fingerprint density at radius 2 is 1.53 bits per heavy atom. The molecule has 57 heavy (non-hydrogen) atoms. The predicted octanol–water partition coefficient (Wildman–Crippen LogP) is 9.67. The summed E-state index contributed by atoms with van der Waals surface area (Å²) in [5.41, 5.74) is 2.69. The minimum Gasteiger partial charge on any atom is -0.465 e. The van der Waals surface area contributed by atoms with Crippen LogP contribution in [0.25, 0.3) is 0 Å². The Kier molecular flexibility index (Phi) is 15.0. The molecule has 1 aliphatic rings. The fraction of sp³-hybridized carbons (Fsp3) is 0.511. The summed E-state index contributed by atoms with van der Waals surface area (Å²) in [6.45, 7) is 22.1. The number of rotatable bonds is 19. The molecule has 1 fully saturated rings. The van der Waals surface area contributed by atoms with Crippen molar-refractivity contribution < 1.29 is 33.4 Å². The molecule has 0 saturated carbocycles. The largest absolute Gasteiger partial charge is 0.465 e. The average molecular weight is 805 g/mol. The Hall–Kier alpha value is -4.45. The number of halogens is 1. The van der Waals surface area contributed by atoms with Crippen LogP contribution in [0.5, 0.6) is 5.75 Å². The molecule has 3 atom stereocenters. The zero-order valence-corrected chi connectivity index (χ0v) is 36.2. The number of carbonyl (C=O) groups excluding carboxylic acids is 4. The Morgan fingerprint density at radius 1 is 0.860 bits per heavy atom. The molecule has 0 aliphatic carbocycles. The molecule has 1 aliphatic heterocycles. The van der Waals surface area contributed by atoms with Crippen LogP contribution in [0.1, 0.15) is 112 Å². The number of ether oxygens (including phenoxy) is 3. The number of ketones is 1. The molecule has 0 radical (unpaired) electrons. The van der Waals surface area contributed by atoms with Gasteiger partial charge >= 0.3 is 6.03 Å². The molecule has 2 N–H and O–H groups in total. The lowest BCUT2D eigenvalue weighted by Crippen LogP contribution is -2.55. The number of anilines is 2. The van der Waals surface area contributed by atoms with Gasteiger partial charge in [0.1, 0.15) is 12.5 Å². The second-order valence-corrected chi connectivity index (χ2v) is 17.1. The Labute approximate surface area is 343 Å². The summed E-state index contributed by atoms with van der Waals surface area (Å²) in [7, 11) is 0. The molecular weight excluding hydrogens is 744 g/mol. The number of carbonyl (C=O) groups is 4. The molecule has 11 nitrogen and oxygen atoms in total. The summed E-state index contributed by atoms with van der Waals surface area (Å²) in [6, 6.07) is 17.9. The van der Waals surface area contributed by atoms with Crippen LogP contribution in [-0.2, 0) is 41.2 Å². The van der Waals surface area contributed by atoms with Crippen LogP contribution in [0.4, 0.5) is 16.2 Å². The molecule has 0 spiro atoms. The number of nitrogens with zero attached hydrogens (tertiary/aromatic N) is 2. The number of amides is 4. The number of nitrogens with one attached hydrogen (secondary N) is 2. The van der Waals surface area contributed by atoms with Crippen molar-refractivity contribution in [2.75, 3.05) is 24.0 Å².